The number of hydrogen-bond donors (Lipinski definition) is 2. The summed E-state index contributed by atoms with van der Waals surface area (Å²) in [6, 6.07) is 16.4. The predicted octanol–water partition coefficient (Wildman–Crippen LogP) is 3.32. The molecule has 0 aliphatic heterocycles. The van der Waals surface area contributed by atoms with Gasteiger partial charge in [-0.1, -0.05) is 41.9 Å². The van der Waals surface area contributed by atoms with E-state index in [0.717, 1.165) is 0 Å². The Bertz CT molecular complexity index is 1500. The maximum Gasteiger partial charge on any atom is 0.275 e. The van der Waals surface area contributed by atoms with E-state index < -0.39 is 21.5 Å². The Morgan fingerprint density at radius 3 is 2.40 bits per heavy atom. The Hall–Kier alpha value is -3.83. The van der Waals surface area contributed by atoms with Gasteiger partial charge in [0, 0.05) is 35.9 Å². The van der Waals surface area contributed by atoms with Crippen LogP contribution >= 0.6 is 11.6 Å². The van der Waals surface area contributed by atoms with Crippen molar-refractivity contribution in [2.75, 3.05) is 24.4 Å². The summed E-state index contributed by atoms with van der Waals surface area (Å²) in [6.07, 6.45) is 0. The molecule has 2 N–H and O–H groups in total. The van der Waals surface area contributed by atoms with Crippen LogP contribution in [0, 0.1) is 6.92 Å². The molecule has 0 spiro atoms. The van der Waals surface area contributed by atoms with Crippen molar-refractivity contribution in [3.05, 3.63) is 92.9 Å². The van der Waals surface area contributed by atoms with Crippen molar-refractivity contribution >= 4 is 39.1 Å². The summed E-state index contributed by atoms with van der Waals surface area (Å²) in [5, 5.41) is 3.16. The van der Waals surface area contributed by atoms with Crippen molar-refractivity contribution < 1.29 is 22.7 Å². The minimum Gasteiger partial charge on any atom is -0.483 e. The summed E-state index contributed by atoms with van der Waals surface area (Å²) in [6.45, 7) is 6.08. The van der Waals surface area contributed by atoms with Crippen molar-refractivity contribution in [2.24, 2.45) is 0 Å². The Morgan fingerprint density at radius 2 is 1.73 bits per heavy atom. The van der Waals surface area contributed by atoms with Crippen LogP contribution in [-0.2, 0) is 38.5 Å². The highest BCUT2D eigenvalue weighted by Crippen LogP contribution is 2.23. The molecule has 1 heterocycles. The summed E-state index contributed by atoms with van der Waals surface area (Å²) in [4.78, 5) is 39.8. The third-order valence-electron chi connectivity index (χ3n) is 6.13. The quantitative estimate of drug-likeness (QED) is 0.315. The van der Waals surface area contributed by atoms with Crippen molar-refractivity contribution in [2.45, 2.75) is 39.6 Å². The van der Waals surface area contributed by atoms with Gasteiger partial charge in [0.15, 0.2) is 6.61 Å². The molecule has 0 saturated heterocycles. The Labute approximate surface area is 239 Å². The number of anilines is 1. The molecule has 2 aromatic carbocycles. The van der Waals surface area contributed by atoms with Crippen LogP contribution in [0.4, 0.5) is 5.69 Å². The Balaban J connectivity index is 1.68. The minimum atomic E-state index is -3.86. The average molecular weight is 589 g/mol. The van der Waals surface area contributed by atoms with Crippen LogP contribution in [0.25, 0.3) is 0 Å². The molecule has 0 bridgehead atoms. The van der Waals surface area contributed by atoms with Crippen LogP contribution in [0.3, 0.4) is 0 Å². The first kappa shape index (κ1) is 30.7. The lowest BCUT2D eigenvalue weighted by molar-refractivity contribution is -0.133. The van der Waals surface area contributed by atoms with E-state index >= 15 is 0 Å². The highest BCUT2D eigenvalue weighted by Gasteiger charge is 2.17. The van der Waals surface area contributed by atoms with Gasteiger partial charge in [0.25, 0.3) is 11.5 Å². The van der Waals surface area contributed by atoms with Gasteiger partial charge in [-0.3, -0.25) is 19.1 Å². The number of ether oxygens (including phenoxy) is 1. The smallest absolute Gasteiger partial charge is 0.275 e. The molecule has 3 rings (SSSR count). The molecule has 0 aliphatic rings. The topological polar surface area (TPSA) is 127 Å². The molecular formula is C28H33ClN4O6S. The maximum atomic E-state index is 13.1. The number of aromatic nitrogens is 1. The first-order valence-electron chi connectivity index (χ1n) is 12.7. The number of carbonyl (C=O) groups excluding carboxylic acids is 2. The van der Waals surface area contributed by atoms with E-state index in [0.29, 0.717) is 40.7 Å². The predicted molar refractivity (Wildman–Crippen MR) is 155 cm³/mol. The molecular weight excluding hydrogens is 556 g/mol. The van der Waals surface area contributed by atoms with Crippen molar-refractivity contribution in [3.8, 4) is 5.75 Å². The van der Waals surface area contributed by atoms with E-state index in [1.54, 1.807) is 66.4 Å². The van der Waals surface area contributed by atoms with Crippen LogP contribution < -0.4 is 20.3 Å². The number of nitrogens with zero attached hydrogens (tertiary/aromatic N) is 2. The number of nitrogens with one attached hydrogen (secondary N) is 2. The van der Waals surface area contributed by atoms with Crippen molar-refractivity contribution in [3.63, 3.8) is 0 Å². The molecule has 40 heavy (non-hydrogen) atoms. The van der Waals surface area contributed by atoms with E-state index in [1.807, 2.05) is 13.8 Å². The molecule has 0 atom stereocenters. The third kappa shape index (κ3) is 8.59. The first-order chi connectivity index (χ1) is 19.0. The molecule has 2 amide bonds. The maximum absolute atomic E-state index is 13.1. The second-order valence-electron chi connectivity index (χ2n) is 9.01. The molecule has 0 aliphatic carbocycles. The fourth-order valence-electron chi connectivity index (χ4n) is 3.97. The number of halogens is 1. The standard InChI is InChI=1S/C28H33ClN4O6S/c1-4-32(5-2)27(35)18-39-25-14-12-23(29)15-22(25)16-30-26(34)17-33-20(3)11-13-24(28(33)36)31-40(37,38)19-21-9-7-6-8-10-21/h6-15,31H,4-5,16-19H2,1-3H3,(H,30,34). The molecule has 0 fully saturated rings. The summed E-state index contributed by atoms with van der Waals surface area (Å²) >= 11 is 6.14. The number of benzene rings is 2. The van der Waals surface area contributed by atoms with Gasteiger partial charge >= 0.3 is 0 Å². The third-order valence-corrected chi connectivity index (χ3v) is 7.60. The fourth-order valence-corrected chi connectivity index (χ4v) is 5.36. The van der Waals surface area contributed by atoms with Crippen LogP contribution in [-0.4, -0.2) is 49.4 Å². The summed E-state index contributed by atoms with van der Waals surface area (Å²) in [5.74, 6) is -0.552. The van der Waals surface area contributed by atoms with Crippen LogP contribution in [0.15, 0.2) is 65.5 Å². The normalized spacial score (nSPS) is 11.1. The summed E-state index contributed by atoms with van der Waals surface area (Å²) in [5.41, 5.74) is 0.808. The highest BCUT2D eigenvalue weighted by molar-refractivity contribution is 7.91. The number of hydrogen-bond acceptors (Lipinski definition) is 6. The number of sulfonamides is 1. The van der Waals surface area contributed by atoms with Crippen molar-refractivity contribution in [1.29, 1.82) is 0 Å². The number of rotatable bonds is 13. The molecule has 0 unspecified atom stereocenters. The monoisotopic (exact) mass is 588 g/mol. The van der Waals surface area contributed by atoms with Gasteiger partial charge in [0.2, 0.25) is 15.9 Å². The molecule has 214 valence electrons. The van der Waals surface area contributed by atoms with E-state index in [2.05, 4.69) is 10.0 Å². The number of pyridine rings is 1. The van der Waals surface area contributed by atoms with Crippen LogP contribution in [0.2, 0.25) is 5.02 Å². The van der Waals surface area contributed by atoms with Gasteiger partial charge in [0.05, 0.1) is 5.75 Å². The number of carbonyl (C=O) groups is 2. The lowest BCUT2D eigenvalue weighted by atomic mass is 10.2. The molecule has 3 aromatic rings. The number of likely N-dealkylation sites (N-methyl/N-ethyl adjacent to an activating group) is 1. The van der Waals surface area contributed by atoms with E-state index in [9.17, 15) is 22.8 Å². The van der Waals surface area contributed by atoms with Gasteiger partial charge in [-0.05, 0) is 56.7 Å². The van der Waals surface area contributed by atoms with Gasteiger partial charge in [-0.15, -0.1) is 0 Å². The minimum absolute atomic E-state index is 0.0331. The summed E-state index contributed by atoms with van der Waals surface area (Å²) in [7, 11) is -3.86. The average Bonchev–Trinajstić information content (AvgIpc) is 2.92. The van der Waals surface area contributed by atoms with Gasteiger partial charge in [-0.25, -0.2) is 8.42 Å². The van der Waals surface area contributed by atoms with Gasteiger partial charge < -0.3 is 19.5 Å². The molecule has 10 nitrogen and oxygen atoms in total. The molecule has 0 saturated carbocycles. The Kier molecular flexibility index (Phi) is 10.7. The number of amides is 2. The molecule has 1 aromatic heterocycles. The van der Waals surface area contributed by atoms with Crippen molar-refractivity contribution in [1.82, 2.24) is 14.8 Å². The van der Waals surface area contributed by atoms with Gasteiger partial charge in [0.1, 0.15) is 18.0 Å². The largest absolute Gasteiger partial charge is 0.483 e. The zero-order valence-electron chi connectivity index (χ0n) is 22.6. The zero-order valence-corrected chi connectivity index (χ0v) is 24.2. The Morgan fingerprint density at radius 1 is 1.02 bits per heavy atom. The molecule has 12 heteroatoms. The lowest BCUT2D eigenvalue weighted by Gasteiger charge is -2.19. The van der Waals surface area contributed by atoms with E-state index in [4.69, 9.17) is 16.3 Å². The van der Waals surface area contributed by atoms with Gasteiger partial charge in [-0.2, -0.15) is 0 Å². The zero-order chi connectivity index (χ0) is 29.3. The molecule has 0 radical (unpaired) electrons. The van der Waals surface area contributed by atoms with E-state index in [-0.39, 0.29) is 37.0 Å². The second kappa shape index (κ2) is 14.0. The number of aryl methyl sites for hydroxylation is 1. The summed E-state index contributed by atoms with van der Waals surface area (Å²) < 4.78 is 34.5. The second-order valence-corrected chi connectivity index (χ2v) is 11.2. The van der Waals surface area contributed by atoms with E-state index in [1.165, 1.54) is 10.6 Å². The highest BCUT2D eigenvalue weighted by atomic mass is 35.5. The SMILES string of the molecule is CCN(CC)C(=O)COc1ccc(Cl)cc1CNC(=O)Cn1c(C)ccc(NS(=O)(=O)Cc2ccccc2)c1=O. The fraction of sp³-hybridized carbons (Fsp3) is 0.321. The first-order valence-corrected chi connectivity index (χ1v) is 14.8. The lowest BCUT2D eigenvalue weighted by Crippen LogP contribution is -2.35. The van der Waals surface area contributed by atoms with Crippen LogP contribution in [0.5, 0.6) is 5.75 Å². The van der Waals surface area contributed by atoms with Crippen LogP contribution in [0.1, 0.15) is 30.7 Å².